The molecule has 5 rings (SSSR count). The van der Waals surface area contributed by atoms with Crippen LogP contribution in [0, 0.1) is 0 Å². The van der Waals surface area contributed by atoms with Gasteiger partial charge in [-0.25, -0.2) is 0 Å². The van der Waals surface area contributed by atoms with Crippen LogP contribution in [-0.4, -0.2) is 74.3 Å². The number of ether oxygens (including phenoxy) is 3. The number of carbonyl (C=O) groups is 2. The van der Waals surface area contributed by atoms with Gasteiger partial charge >= 0.3 is 0 Å². The zero-order valence-corrected chi connectivity index (χ0v) is 18.3. The van der Waals surface area contributed by atoms with Gasteiger partial charge in [0, 0.05) is 5.56 Å². The molecule has 172 valence electrons. The van der Waals surface area contributed by atoms with E-state index >= 15 is 0 Å². The molecule has 0 spiro atoms. The van der Waals surface area contributed by atoms with Crippen LogP contribution >= 0.6 is 0 Å². The molecule has 0 bridgehead atoms. The quantitative estimate of drug-likeness (QED) is 0.397. The number of likely N-dealkylation sites (tertiary alicyclic amines) is 1. The highest BCUT2D eigenvalue weighted by Gasteiger charge is 2.46. The van der Waals surface area contributed by atoms with Gasteiger partial charge in [0.25, 0.3) is 11.7 Å². The van der Waals surface area contributed by atoms with Crippen LogP contribution in [-0.2, 0) is 14.3 Å². The number of hydrogen-bond donors (Lipinski definition) is 2. The Balaban J connectivity index is 1.52. The van der Waals surface area contributed by atoms with E-state index < -0.39 is 17.7 Å². The number of carbonyl (C=O) groups excluding carboxylic acids is 2. The number of aliphatic hydroxyl groups excluding tert-OH is 1. The van der Waals surface area contributed by atoms with Crippen molar-refractivity contribution in [1.29, 1.82) is 0 Å². The first-order chi connectivity index (χ1) is 16.1. The number of benzene rings is 2. The first-order valence-electron chi connectivity index (χ1n) is 11.3. The first kappa shape index (κ1) is 21.5. The number of rotatable bonds is 5. The van der Waals surface area contributed by atoms with Crippen molar-refractivity contribution in [3.05, 3.63) is 65.2 Å². The molecule has 2 aromatic carbocycles. The monoisotopic (exact) mass is 451 g/mol. The lowest BCUT2D eigenvalue weighted by Crippen LogP contribution is -3.14. The van der Waals surface area contributed by atoms with Crippen LogP contribution in [0.15, 0.2) is 54.1 Å². The van der Waals surface area contributed by atoms with Crippen LogP contribution in [0.25, 0.3) is 5.76 Å². The van der Waals surface area contributed by atoms with Crippen molar-refractivity contribution in [2.45, 2.75) is 6.04 Å². The van der Waals surface area contributed by atoms with Crippen LogP contribution in [0.2, 0.25) is 0 Å². The fraction of sp³-hybridized carbons (Fsp3) is 0.360. The normalized spacial score (nSPS) is 22.5. The summed E-state index contributed by atoms with van der Waals surface area (Å²) >= 11 is 0. The van der Waals surface area contributed by atoms with Crippen molar-refractivity contribution >= 4 is 17.4 Å². The number of nitrogens with zero attached hydrogens (tertiary/aromatic N) is 1. The second-order valence-electron chi connectivity index (χ2n) is 8.37. The number of quaternary nitrogens is 1. The Morgan fingerprint density at radius 1 is 0.970 bits per heavy atom. The summed E-state index contributed by atoms with van der Waals surface area (Å²) in [6, 6.07) is 13.8. The number of amides is 1. The Kier molecular flexibility index (Phi) is 6.02. The van der Waals surface area contributed by atoms with Gasteiger partial charge in [0.05, 0.1) is 37.9 Å². The second kappa shape index (κ2) is 9.25. The molecule has 3 aliphatic rings. The standard InChI is InChI=1S/C25H26N2O6/c28-23(18-6-7-19-20(16-18)33-15-14-32-19)21-22(17-4-2-1-3-5-17)27(25(30)24(21)29)9-8-26-10-12-31-13-11-26/h1-7,16,22,28H,8-15H2/p+1/t22-/m0/s1. The van der Waals surface area contributed by atoms with E-state index in [1.54, 1.807) is 23.1 Å². The van der Waals surface area contributed by atoms with Crippen molar-refractivity contribution < 1.29 is 33.8 Å². The van der Waals surface area contributed by atoms with E-state index in [9.17, 15) is 14.7 Å². The molecule has 0 radical (unpaired) electrons. The van der Waals surface area contributed by atoms with E-state index in [1.807, 2.05) is 30.3 Å². The van der Waals surface area contributed by atoms with E-state index in [0.29, 0.717) is 56.6 Å². The Morgan fingerprint density at radius 2 is 1.70 bits per heavy atom. The Hall–Kier alpha value is -3.36. The summed E-state index contributed by atoms with van der Waals surface area (Å²) in [7, 11) is 0. The first-order valence-corrected chi connectivity index (χ1v) is 11.3. The van der Waals surface area contributed by atoms with E-state index in [2.05, 4.69) is 0 Å². The molecular weight excluding hydrogens is 424 g/mol. The van der Waals surface area contributed by atoms with Gasteiger partial charge < -0.3 is 29.1 Å². The average molecular weight is 451 g/mol. The van der Waals surface area contributed by atoms with Gasteiger partial charge in [-0.1, -0.05) is 30.3 Å². The minimum absolute atomic E-state index is 0.0971. The molecule has 1 amide bonds. The minimum Gasteiger partial charge on any atom is -0.507 e. The van der Waals surface area contributed by atoms with Crippen LogP contribution < -0.4 is 14.4 Å². The molecule has 0 aromatic heterocycles. The maximum absolute atomic E-state index is 13.2. The fourth-order valence-corrected chi connectivity index (χ4v) is 4.63. The van der Waals surface area contributed by atoms with Gasteiger partial charge in [-0.3, -0.25) is 9.59 Å². The number of fused-ring (bicyclic) bond motifs is 1. The zero-order valence-electron chi connectivity index (χ0n) is 18.3. The molecule has 1 atom stereocenters. The molecule has 33 heavy (non-hydrogen) atoms. The smallest absolute Gasteiger partial charge is 0.295 e. The lowest BCUT2D eigenvalue weighted by atomic mass is 9.95. The van der Waals surface area contributed by atoms with Crippen LogP contribution in [0.1, 0.15) is 17.2 Å². The number of ketones is 1. The molecule has 2 N–H and O–H groups in total. The highest BCUT2D eigenvalue weighted by Crippen LogP contribution is 2.40. The molecule has 3 heterocycles. The van der Waals surface area contributed by atoms with E-state index in [0.717, 1.165) is 18.7 Å². The zero-order chi connectivity index (χ0) is 22.8. The number of hydrogen-bond acceptors (Lipinski definition) is 6. The van der Waals surface area contributed by atoms with Gasteiger partial charge in [0.1, 0.15) is 32.1 Å². The second-order valence-corrected chi connectivity index (χ2v) is 8.37. The number of nitrogens with one attached hydrogen (secondary N) is 1. The van der Waals surface area contributed by atoms with Crippen LogP contribution in [0.4, 0.5) is 0 Å². The largest absolute Gasteiger partial charge is 0.507 e. The topological polar surface area (TPSA) is 89.7 Å². The van der Waals surface area contributed by atoms with Crippen LogP contribution in [0.3, 0.4) is 0 Å². The molecule has 2 fully saturated rings. The van der Waals surface area contributed by atoms with E-state index in [1.165, 1.54) is 4.90 Å². The summed E-state index contributed by atoms with van der Waals surface area (Å²) in [5.41, 5.74) is 1.30. The summed E-state index contributed by atoms with van der Waals surface area (Å²) < 4.78 is 16.6. The molecule has 3 aliphatic heterocycles. The maximum atomic E-state index is 13.2. The molecule has 2 saturated heterocycles. The highest BCUT2D eigenvalue weighted by atomic mass is 16.6. The Labute approximate surface area is 192 Å². The summed E-state index contributed by atoms with van der Waals surface area (Å²) in [4.78, 5) is 29.2. The van der Waals surface area contributed by atoms with Crippen LogP contribution in [0.5, 0.6) is 11.5 Å². The summed E-state index contributed by atoms with van der Waals surface area (Å²) in [5, 5.41) is 11.2. The van der Waals surface area contributed by atoms with Gasteiger partial charge in [-0.15, -0.1) is 0 Å². The Bertz CT molecular complexity index is 1080. The van der Waals surface area contributed by atoms with Gasteiger partial charge in [0.15, 0.2) is 11.5 Å². The van der Waals surface area contributed by atoms with E-state index in [-0.39, 0.29) is 11.3 Å². The third kappa shape index (κ3) is 4.19. The lowest BCUT2D eigenvalue weighted by Gasteiger charge is -2.29. The van der Waals surface area contributed by atoms with Gasteiger partial charge in [-0.2, -0.15) is 0 Å². The number of Topliss-reactive ketones (excluding diaryl/α,β-unsaturated/α-hetero) is 1. The molecule has 8 nitrogen and oxygen atoms in total. The molecule has 2 aromatic rings. The summed E-state index contributed by atoms with van der Waals surface area (Å²) in [6.07, 6.45) is 0. The van der Waals surface area contributed by atoms with Gasteiger partial charge in [0.2, 0.25) is 0 Å². The van der Waals surface area contributed by atoms with Crippen molar-refractivity contribution in [2.75, 3.05) is 52.6 Å². The SMILES string of the molecule is O=C1C(=O)N(CC[NH+]2CCOCC2)[C@@H](c2ccccc2)C1=C(O)c1ccc2c(c1)OCCO2. The third-order valence-corrected chi connectivity index (χ3v) is 6.38. The molecule has 0 saturated carbocycles. The Morgan fingerprint density at radius 3 is 2.45 bits per heavy atom. The maximum Gasteiger partial charge on any atom is 0.295 e. The van der Waals surface area contributed by atoms with Crippen molar-refractivity contribution in [1.82, 2.24) is 4.90 Å². The number of morpholine rings is 1. The number of aliphatic hydroxyl groups is 1. The molecular formula is C25H27N2O6+. The minimum atomic E-state index is -0.673. The van der Waals surface area contributed by atoms with Crippen molar-refractivity contribution in [3.8, 4) is 11.5 Å². The average Bonchev–Trinajstić information content (AvgIpc) is 3.12. The molecule has 0 unspecified atom stereocenters. The molecule has 0 aliphatic carbocycles. The predicted molar refractivity (Wildman–Crippen MR) is 119 cm³/mol. The molecule has 8 heteroatoms. The van der Waals surface area contributed by atoms with Crippen molar-refractivity contribution in [3.63, 3.8) is 0 Å². The highest BCUT2D eigenvalue weighted by molar-refractivity contribution is 6.46. The third-order valence-electron chi connectivity index (χ3n) is 6.38. The van der Waals surface area contributed by atoms with E-state index in [4.69, 9.17) is 14.2 Å². The predicted octanol–water partition coefficient (Wildman–Crippen LogP) is 0.795. The lowest BCUT2D eigenvalue weighted by molar-refractivity contribution is -0.907. The summed E-state index contributed by atoms with van der Waals surface area (Å²) in [6.45, 7) is 5.13. The summed E-state index contributed by atoms with van der Waals surface area (Å²) in [5.74, 6) is -0.373. The fourth-order valence-electron chi connectivity index (χ4n) is 4.63. The van der Waals surface area contributed by atoms with Crippen molar-refractivity contribution in [2.24, 2.45) is 0 Å². The van der Waals surface area contributed by atoms with Gasteiger partial charge in [-0.05, 0) is 23.8 Å².